The van der Waals surface area contributed by atoms with Gasteiger partial charge in [-0.25, -0.2) is 0 Å². The second-order valence-electron chi connectivity index (χ2n) is 7.39. The fraction of sp³-hybridized carbons (Fsp3) is 0.174. The first-order valence-corrected chi connectivity index (χ1v) is 9.54. The van der Waals surface area contributed by atoms with Crippen LogP contribution < -0.4 is 16.0 Å². The molecule has 5 rings (SSSR count). The predicted molar refractivity (Wildman–Crippen MR) is 108 cm³/mol. The van der Waals surface area contributed by atoms with Crippen molar-refractivity contribution < 1.29 is 9.59 Å². The van der Waals surface area contributed by atoms with Crippen LogP contribution in [0.1, 0.15) is 24.8 Å². The summed E-state index contributed by atoms with van der Waals surface area (Å²) in [5.74, 6) is -0.313. The van der Waals surface area contributed by atoms with Crippen LogP contribution in [0.15, 0.2) is 77.3 Å². The number of nitrogens with zero attached hydrogens (tertiary/aromatic N) is 2. The molecule has 0 saturated heterocycles. The van der Waals surface area contributed by atoms with E-state index in [-0.39, 0.29) is 17.2 Å². The van der Waals surface area contributed by atoms with Crippen molar-refractivity contribution in [2.75, 3.05) is 10.2 Å². The van der Waals surface area contributed by atoms with Crippen molar-refractivity contribution in [1.29, 1.82) is 5.26 Å². The van der Waals surface area contributed by atoms with Crippen LogP contribution >= 0.6 is 0 Å². The molecule has 2 aliphatic heterocycles. The van der Waals surface area contributed by atoms with Gasteiger partial charge in [0, 0.05) is 34.6 Å². The molecule has 1 amide bonds. The molecule has 1 spiro atoms. The Morgan fingerprint density at radius 2 is 1.76 bits per heavy atom. The van der Waals surface area contributed by atoms with E-state index in [0.717, 1.165) is 5.69 Å². The SMILES string of the molecule is N#CC1=C(N)N(c2ccccc2)C2=C(C(=O)CCC2)[C@@]12C(=O)Nc1ccccc12. The van der Waals surface area contributed by atoms with E-state index in [0.29, 0.717) is 41.8 Å². The van der Waals surface area contributed by atoms with Crippen molar-refractivity contribution in [2.24, 2.45) is 5.73 Å². The number of benzene rings is 2. The number of amides is 1. The molecule has 6 nitrogen and oxygen atoms in total. The number of para-hydroxylation sites is 2. The molecule has 0 radical (unpaired) electrons. The highest BCUT2D eigenvalue weighted by Gasteiger charge is 2.59. The second-order valence-corrected chi connectivity index (χ2v) is 7.39. The number of hydrogen-bond acceptors (Lipinski definition) is 5. The van der Waals surface area contributed by atoms with E-state index in [1.54, 1.807) is 17.0 Å². The number of carbonyl (C=O) groups excluding carboxylic acids is 2. The third kappa shape index (κ3) is 2.10. The first-order valence-electron chi connectivity index (χ1n) is 9.54. The van der Waals surface area contributed by atoms with Crippen molar-refractivity contribution in [3.8, 4) is 6.07 Å². The highest BCUT2D eigenvalue weighted by Crippen LogP contribution is 2.54. The van der Waals surface area contributed by atoms with Gasteiger partial charge in [0.05, 0.1) is 5.57 Å². The number of anilines is 2. The number of hydrogen-bond donors (Lipinski definition) is 2. The molecule has 3 N–H and O–H groups in total. The van der Waals surface area contributed by atoms with Gasteiger partial charge in [-0.2, -0.15) is 5.26 Å². The number of Topliss-reactive ketones (excluding diaryl/α,β-unsaturated/α-hetero) is 1. The zero-order chi connectivity index (χ0) is 20.2. The van der Waals surface area contributed by atoms with Crippen molar-refractivity contribution in [1.82, 2.24) is 0 Å². The summed E-state index contributed by atoms with van der Waals surface area (Å²) in [4.78, 5) is 28.4. The highest BCUT2D eigenvalue weighted by atomic mass is 16.2. The van der Waals surface area contributed by atoms with E-state index in [1.807, 2.05) is 42.5 Å². The molecule has 0 saturated carbocycles. The number of ketones is 1. The molecule has 2 aromatic rings. The molecule has 1 atom stereocenters. The number of nitrogens with one attached hydrogen (secondary N) is 1. The van der Waals surface area contributed by atoms with Crippen LogP contribution in [-0.2, 0) is 15.0 Å². The number of carbonyl (C=O) groups is 2. The van der Waals surface area contributed by atoms with Gasteiger partial charge in [0.1, 0.15) is 17.3 Å². The van der Waals surface area contributed by atoms with E-state index in [9.17, 15) is 14.9 Å². The topological polar surface area (TPSA) is 99.2 Å². The molecule has 2 heterocycles. The standard InChI is InChI=1S/C23H18N4O2/c24-13-16-21(25)27(14-7-2-1-3-8-14)18-11-6-12-19(28)20(18)23(16)15-9-4-5-10-17(15)26-22(23)29/h1-5,7-10H,6,11-12,25H2,(H,26,29)/t23-/m0/s1. The Kier molecular flexibility index (Phi) is 3.62. The minimum Gasteiger partial charge on any atom is -0.384 e. The van der Waals surface area contributed by atoms with Gasteiger partial charge in [0.25, 0.3) is 0 Å². The van der Waals surface area contributed by atoms with Crippen LogP contribution in [0.2, 0.25) is 0 Å². The lowest BCUT2D eigenvalue weighted by Crippen LogP contribution is -2.50. The Morgan fingerprint density at radius 1 is 1.03 bits per heavy atom. The molecule has 1 aliphatic carbocycles. The zero-order valence-electron chi connectivity index (χ0n) is 15.6. The Morgan fingerprint density at radius 3 is 2.52 bits per heavy atom. The van der Waals surface area contributed by atoms with Gasteiger partial charge in [0.15, 0.2) is 5.78 Å². The molecule has 6 heteroatoms. The molecule has 0 aromatic heterocycles. The fourth-order valence-electron chi connectivity index (χ4n) is 4.82. The summed E-state index contributed by atoms with van der Waals surface area (Å²) in [5.41, 5.74) is 8.22. The third-order valence-corrected chi connectivity index (χ3v) is 5.95. The summed E-state index contributed by atoms with van der Waals surface area (Å²) in [6, 6.07) is 18.8. The lowest BCUT2D eigenvalue weighted by Gasteiger charge is -2.43. The van der Waals surface area contributed by atoms with E-state index in [4.69, 9.17) is 5.73 Å². The summed E-state index contributed by atoms with van der Waals surface area (Å²) in [6.45, 7) is 0. The quantitative estimate of drug-likeness (QED) is 0.790. The maximum Gasteiger partial charge on any atom is 0.245 e. The first kappa shape index (κ1) is 17.3. The average Bonchev–Trinajstić information content (AvgIpc) is 3.02. The minimum atomic E-state index is -1.49. The normalized spacial score (nSPS) is 23.1. The van der Waals surface area contributed by atoms with Crippen LogP contribution in [0.25, 0.3) is 0 Å². The molecule has 0 fully saturated rings. The summed E-state index contributed by atoms with van der Waals surface area (Å²) >= 11 is 0. The maximum atomic E-state index is 13.4. The molecular formula is C23H18N4O2. The molecular weight excluding hydrogens is 364 g/mol. The van der Waals surface area contributed by atoms with E-state index in [1.165, 1.54) is 0 Å². The predicted octanol–water partition coefficient (Wildman–Crippen LogP) is 3.10. The van der Waals surface area contributed by atoms with Gasteiger partial charge in [-0.15, -0.1) is 0 Å². The first-order chi connectivity index (χ1) is 14.1. The number of allylic oxidation sites excluding steroid dienone is 1. The summed E-state index contributed by atoms with van der Waals surface area (Å²) in [7, 11) is 0. The number of fused-ring (bicyclic) bond motifs is 3. The van der Waals surface area contributed by atoms with Gasteiger partial charge in [-0.3, -0.25) is 14.5 Å². The molecule has 142 valence electrons. The van der Waals surface area contributed by atoms with Gasteiger partial charge in [-0.05, 0) is 31.0 Å². The number of rotatable bonds is 1. The smallest absolute Gasteiger partial charge is 0.245 e. The van der Waals surface area contributed by atoms with Crippen LogP contribution in [0.3, 0.4) is 0 Å². The number of nitriles is 1. The Hall–Kier alpha value is -3.85. The summed E-state index contributed by atoms with van der Waals surface area (Å²) in [6.07, 6.45) is 1.62. The fourth-order valence-corrected chi connectivity index (χ4v) is 4.82. The molecule has 2 aromatic carbocycles. The van der Waals surface area contributed by atoms with Gasteiger partial charge < -0.3 is 11.1 Å². The lowest BCUT2D eigenvalue weighted by molar-refractivity contribution is -0.122. The Labute approximate surface area is 167 Å². The van der Waals surface area contributed by atoms with E-state index in [2.05, 4.69) is 11.4 Å². The Bertz CT molecular complexity index is 1170. The van der Waals surface area contributed by atoms with Crippen molar-refractivity contribution in [3.05, 3.63) is 82.8 Å². The zero-order valence-corrected chi connectivity index (χ0v) is 15.6. The van der Waals surface area contributed by atoms with Crippen LogP contribution in [0.4, 0.5) is 11.4 Å². The lowest BCUT2D eigenvalue weighted by atomic mass is 9.64. The maximum absolute atomic E-state index is 13.4. The van der Waals surface area contributed by atoms with E-state index >= 15 is 0 Å². The van der Waals surface area contributed by atoms with Crippen molar-refractivity contribution >= 4 is 23.1 Å². The number of nitrogens with two attached hydrogens (primary N) is 1. The highest BCUT2D eigenvalue weighted by molar-refractivity contribution is 6.19. The molecule has 0 bridgehead atoms. The van der Waals surface area contributed by atoms with Crippen LogP contribution in [0.5, 0.6) is 0 Å². The van der Waals surface area contributed by atoms with Crippen molar-refractivity contribution in [3.63, 3.8) is 0 Å². The minimum absolute atomic E-state index is 0.0952. The van der Waals surface area contributed by atoms with Gasteiger partial charge in [0.2, 0.25) is 5.91 Å². The van der Waals surface area contributed by atoms with Gasteiger partial charge >= 0.3 is 0 Å². The third-order valence-electron chi connectivity index (χ3n) is 5.95. The molecule has 29 heavy (non-hydrogen) atoms. The molecule has 3 aliphatic rings. The monoisotopic (exact) mass is 382 g/mol. The second kappa shape index (κ2) is 6.08. The van der Waals surface area contributed by atoms with Gasteiger partial charge in [-0.1, -0.05) is 36.4 Å². The Balaban J connectivity index is 1.90. The van der Waals surface area contributed by atoms with Crippen LogP contribution in [-0.4, -0.2) is 11.7 Å². The van der Waals surface area contributed by atoms with Crippen LogP contribution in [0, 0.1) is 11.3 Å². The average molecular weight is 382 g/mol. The van der Waals surface area contributed by atoms with E-state index < -0.39 is 11.3 Å². The molecule has 0 unspecified atom stereocenters. The largest absolute Gasteiger partial charge is 0.384 e. The summed E-state index contributed by atoms with van der Waals surface area (Å²) < 4.78 is 0. The summed E-state index contributed by atoms with van der Waals surface area (Å²) in [5, 5.41) is 13.0. The van der Waals surface area contributed by atoms with Crippen molar-refractivity contribution in [2.45, 2.75) is 24.7 Å².